The van der Waals surface area contributed by atoms with Gasteiger partial charge in [0, 0.05) is 24.8 Å². The zero-order valence-corrected chi connectivity index (χ0v) is 23.6. The van der Waals surface area contributed by atoms with Gasteiger partial charge in [-0.3, -0.25) is 9.63 Å². The van der Waals surface area contributed by atoms with Gasteiger partial charge < -0.3 is 19.7 Å². The minimum Gasteiger partial charge on any atom is -0.352 e. The van der Waals surface area contributed by atoms with Crippen LogP contribution in [0.5, 0.6) is 0 Å². The summed E-state index contributed by atoms with van der Waals surface area (Å²) >= 11 is 0. The Labute approximate surface area is 230 Å². The molecule has 0 spiro atoms. The van der Waals surface area contributed by atoms with E-state index in [0.29, 0.717) is 30.6 Å². The summed E-state index contributed by atoms with van der Waals surface area (Å²) in [6.07, 6.45) is 7.12. The van der Waals surface area contributed by atoms with Crippen LogP contribution in [0.4, 0.5) is 15.8 Å². The summed E-state index contributed by atoms with van der Waals surface area (Å²) in [7, 11) is 4.29. The fourth-order valence-electron chi connectivity index (χ4n) is 5.34. The van der Waals surface area contributed by atoms with Gasteiger partial charge in [-0.2, -0.15) is 0 Å². The third kappa shape index (κ3) is 6.59. The fourth-order valence-corrected chi connectivity index (χ4v) is 5.34. The number of benzene rings is 2. The maximum atomic E-state index is 16.0. The number of carbonyl (C=O) groups is 1. The van der Waals surface area contributed by atoms with Gasteiger partial charge >= 0.3 is 0 Å². The summed E-state index contributed by atoms with van der Waals surface area (Å²) in [5.74, 6) is -0.514. The van der Waals surface area contributed by atoms with Crippen molar-refractivity contribution in [2.24, 2.45) is 5.92 Å². The highest BCUT2D eigenvalue weighted by molar-refractivity contribution is 6.04. The van der Waals surface area contributed by atoms with Gasteiger partial charge in [0.25, 0.3) is 5.91 Å². The number of aromatic nitrogens is 2. The van der Waals surface area contributed by atoms with Crippen LogP contribution in [0.15, 0.2) is 30.6 Å². The van der Waals surface area contributed by atoms with E-state index in [1.807, 2.05) is 36.6 Å². The smallest absolute Gasteiger partial charge is 0.277 e. The number of anilines is 2. The van der Waals surface area contributed by atoms with Crippen molar-refractivity contribution in [3.63, 3.8) is 0 Å². The Morgan fingerprint density at radius 3 is 2.67 bits per heavy atom. The molecule has 210 valence electrons. The van der Waals surface area contributed by atoms with Crippen LogP contribution in [0, 0.1) is 25.6 Å². The third-order valence-corrected chi connectivity index (χ3v) is 8.02. The molecule has 0 radical (unpaired) electrons. The van der Waals surface area contributed by atoms with Gasteiger partial charge in [-0.1, -0.05) is 17.7 Å². The predicted octanol–water partition coefficient (Wildman–Crippen LogP) is 5.02. The number of imidazole rings is 1. The molecule has 0 bridgehead atoms. The molecule has 9 heteroatoms. The summed E-state index contributed by atoms with van der Waals surface area (Å²) in [4.78, 5) is 27.9. The number of carbonyl (C=O) groups excluding carboxylic acids is 1. The van der Waals surface area contributed by atoms with Gasteiger partial charge in [0.05, 0.1) is 29.7 Å². The molecular formula is C30H41FN6O2. The van der Waals surface area contributed by atoms with Crippen molar-refractivity contribution in [1.82, 2.24) is 24.8 Å². The van der Waals surface area contributed by atoms with Crippen LogP contribution in [-0.2, 0) is 11.4 Å². The molecule has 2 heterocycles. The molecule has 5 rings (SSSR count). The van der Waals surface area contributed by atoms with Crippen LogP contribution in [0.1, 0.15) is 53.6 Å². The number of fused-ring (bicyclic) bond motifs is 1. The second kappa shape index (κ2) is 12.0. The van der Waals surface area contributed by atoms with E-state index >= 15 is 4.39 Å². The number of aryl methyl sites for hydroxylation is 3. The van der Waals surface area contributed by atoms with Crippen molar-refractivity contribution < 1.29 is 14.0 Å². The van der Waals surface area contributed by atoms with Crippen molar-refractivity contribution in [3.05, 3.63) is 53.1 Å². The Bertz CT molecular complexity index is 1320. The van der Waals surface area contributed by atoms with E-state index in [4.69, 9.17) is 4.84 Å². The van der Waals surface area contributed by atoms with Crippen LogP contribution in [-0.4, -0.2) is 71.6 Å². The van der Waals surface area contributed by atoms with Crippen LogP contribution < -0.4 is 10.8 Å². The van der Waals surface area contributed by atoms with E-state index in [1.165, 1.54) is 6.42 Å². The number of hydroxylamine groups is 1. The second-order valence-electron chi connectivity index (χ2n) is 11.5. The van der Waals surface area contributed by atoms with Gasteiger partial charge in [-0.05, 0) is 96.8 Å². The monoisotopic (exact) mass is 536 g/mol. The van der Waals surface area contributed by atoms with Gasteiger partial charge in [0.2, 0.25) is 0 Å². The summed E-state index contributed by atoms with van der Waals surface area (Å²) in [6, 6.07) is 8.25. The third-order valence-electron chi connectivity index (χ3n) is 8.02. The average molecular weight is 537 g/mol. The lowest BCUT2D eigenvalue weighted by atomic mass is 10.1. The highest BCUT2D eigenvalue weighted by Gasteiger charge is 2.25. The zero-order valence-electron chi connectivity index (χ0n) is 23.6. The predicted molar refractivity (Wildman–Crippen MR) is 153 cm³/mol. The fraction of sp³-hybridized carbons (Fsp3) is 0.533. The molecular weight excluding hydrogens is 495 g/mol. The van der Waals surface area contributed by atoms with E-state index in [9.17, 15) is 4.79 Å². The van der Waals surface area contributed by atoms with Crippen LogP contribution in [0.2, 0.25) is 0 Å². The number of nitrogens with zero attached hydrogens (tertiary/aromatic N) is 4. The number of likely N-dealkylation sites (N-methyl/N-ethyl adjacent to an activating group) is 1. The van der Waals surface area contributed by atoms with E-state index in [2.05, 4.69) is 39.7 Å². The van der Waals surface area contributed by atoms with Crippen LogP contribution in [0.3, 0.4) is 0 Å². The number of rotatable bonds is 12. The molecule has 1 saturated carbocycles. The lowest BCUT2D eigenvalue weighted by molar-refractivity contribution is 0.0271. The van der Waals surface area contributed by atoms with Gasteiger partial charge in [0.15, 0.2) is 5.82 Å². The first-order valence-electron chi connectivity index (χ1n) is 14.1. The van der Waals surface area contributed by atoms with Crippen molar-refractivity contribution in [3.8, 4) is 0 Å². The number of likely N-dealkylation sites (tertiary alicyclic amines) is 1. The first-order valence-corrected chi connectivity index (χ1v) is 14.1. The average Bonchev–Trinajstić information content (AvgIpc) is 3.43. The van der Waals surface area contributed by atoms with E-state index in [1.54, 1.807) is 12.4 Å². The molecule has 1 unspecified atom stereocenters. The van der Waals surface area contributed by atoms with Crippen molar-refractivity contribution in [1.29, 1.82) is 0 Å². The van der Waals surface area contributed by atoms with Gasteiger partial charge in [-0.25, -0.2) is 14.9 Å². The van der Waals surface area contributed by atoms with Crippen molar-refractivity contribution in [2.75, 3.05) is 45.7 Å². The molecule has 2 N–H and O–H groups in total. The Kier molecular flexibility index (Phi) is 8.49. The molecule has 1 saturated heterocycles. The highest BCUT2D eigenvalue weighted by Crippen LogP contribution is 2.33. The molecule has 8 nitrogen and oxygen atoms in total. The number of amides is 1. The summed E-state index contributed by atoms with van der Waals surface area (Å²) in [5, 5.41) is 3.18. The maximum absolute atomic E-state index is 16.0. The molecule has 1 aliphatic carbocycles. The molecule has 1 amide bonds. The molecule has 3 aromatic rings. The topological polar surface area (TPSA) is 74.7 Å². The van der Waals surface area contributed by atoms with E-state index in [-0.39, 0.29) is 16.8 Å². The summed E-state index contributed by atoms with van der Waals surface area (Å²) in [5.41, 5.74) is 6.52. The Morgan fingerprint density at radius 1 is 1.15 bits per heavy atom. The lowest BCUT2D eigenvalue weighted by Crippen LogP contribution is -2.31. The van der Waals surface area contributed by atoms with E-state index in [0.717, 1.165) is 62.1 Å². The van der Waals surface area contributed by atoms with Crippen LogP contribution >= 0.6 is 0 Å². The first kappa shape index (κ1) is 27.6. The zero-order chi connectivity index (χ0) is 27.5. The van der Waals surface area contributed by atoms with Gasteiger partial charge in [0.1, 0.15) is 5.52 Å². The quantitative estimate of drug-likeness (QED) is 0.250. The normalized spacial score (nSPS) is 17.8. The maximum Gasteiger partial charge on any atom is 0.277 e. The lowest BCUT2D eigenvalue weighted by Gasteiger charge is -2.20. The molecule has 2 aliphatic rings. The van der Waals surface area contributed by atoms with Crippen molar-refractivity contribution in [2.45, 2.75) is 58.5 Å². The minimum atomic E-state index is -0.537. The molecule has 1 atom stereocenters. The highest BCUT2D eigenvalue weighted by atomic mass is 19.1. The minimum absolute atomic E-state index is 0.108. The Morgan fingerprint density at radius 2 is 1.95 bits per heavy atom. The SMILES string of the molecule is Cc1ccc(Nc2c(C(=O)NOCC3CC3)cc3c(ncn3CCCCN3CCC(N(C)C)C3)c2F)c(C)c1. The van der Waals surface area contributed by atoms with Crippen LogP contribution in [0.25, 0.3) is 11.0 Å². The van der Waals surface area contributed by atoms with Crippen molar-refractivity contribution >= 4 is 28.3 Å². The number of halogens is 1. The Hall–Kier alpha value is -3.01. The molecule has 39 heavy (non-hydrogen) atoms. The summed E-state index contributed by atoms with van der Waals surface area (Å²) in [6.45, 7) is 8.47. The summed E-state index contributed by atoms with van der Waals surface area (Å²) < 4.78 is 17.9. The first-order chi connectivity index (χ1) is 18.8. The molecule has 2 aromatic carbocycles. The number of unbranched alkanes of at least 4 members (excludes halogenated alkanes) is 1. The molecule has 2 fully saturated rings. The second-order valence-corrected chi connectivity index (χ2v) is 11.5. The Balaban J connectivity index is 1.33. The largest absolute Gasteiger partial charge is 0.352 e. The number of hydrogen-bond acceptors (Lipinski definition) is 6. The van der Waals surface area contributed by atoms with E-state index < -0.39 is 11.7 Å². The molecule has 1 aliphatic heterocycles. The number of hydrogen-bond donors (Lipinski definition) is 2. The molecule has 1 aromatic heterocycles. The standard InChI is InChI=1S/C30H41FN6O2/c1-20-7-10-25(21(2)15-20)33-28-24(30(38)34-39-18-22-8-9-22)16-26-29(27(28)31)32-19-37(26)13-6-5-12-36-14-11-23(17-36)35(3)4/h7,10,15-16,19,22-23,33H,5-6,8-9,11-14,17-18H2,1-4H3,(H,34,38). The van der Waals surface area contributed by atoms with Gasteiger partial charge in [-0.15, -0.1) is 0 Å². The number of nitrogens with one attached hydrogen (secondary N) is 2.